The van der Waals surface area contributed by atoms with Crippen LogP contribution in [0.3, 0.4) is 0 Å². The van der Waals surface area contributed by atoms with Crippen molar-refractivity contribution in [3.05, 3.63) is 23.8 Å². The molecule has 0 saturated heterocycles. The van der Waals surface area contributed by atoms with Crippen LogP contribution in [-0.2, 0) is 4.74 Å². The Hall–Kier alpha value is -2.38. The van der Waals surface area contributed by atoms with Crippen LogP contribution in [0.15, 0.2) is 23.3 Å². The van der Waals surface area contributed by atoms with Crippen LogP contribution < -0.4 is 14.9 Å². The summed E-state index contributed by atoms with van der Waals surface area (Å²) in [5, 5.41) is 3.58. The van der Waals surface area contributed by atoms with Gasteiger partial charge in [-0.1, -0.05) is 0 Å². The molecule has 0 aliphatic carbocycles. The summed E-state index contributed by atoms with van der Waals surface area (Å²) in [6.45, 7) is -2.94. The van der Waals surface area contributed by atoms with E-state index in [9.17, 15) is 13.6 Å². The van der Waals surface area contributed by atoms with Crippen molar-refractivity contribution in [1.82, 2.24) is 5.43 Å². The van der Waals surface area contributed by atoms with Gasteiger partial charge in [0, 0.05) is 0 Å². The zero-order valence-corrected chi connectivity index (χ0v) is 10.2. The molecule has 1 aromatic rings. The Morgan fingerprint density at radius 2 is 2.11 bits per heavy atom. The number of carbonyl (C=O) groups excluding carboxylic acids is 1. The van der Waals surface area contributed by atoms with Gasteiger partial charge < -0.3 is 14.2 Å². The second-order valence-electron chi connectivity index (χ2n) is 3.15. The van der Waals surface area contributed by atoms with Gasteiger partial charge in [0.2, 0.25) is 0 Å². The fourth-order valence-corrected chi connectivity index (χ4v) is 1.16. The predicted octanol–water partition coefficient (Wildman–Crippen LogP) is 1.99. The van der Waals surface area contributed by atoms with Crippen molar-refractivity contribution in [2.45, 2.75) is 6.61 Å². The quantitative estimate of drug-likeness (QED) is 0.658. The van der Waals surface area contributed by atoms with Gasteiger partial charge in [-0.2, -0.15) is 13.9 Å². The number of hydrogen-bond donors (Lipinski definition) is 1. The highest BCUT2D eigenvalue weighted by Gasteiger charge is 2.10. The van der Waals surface area contributed by atoms with E-state index in [1.807, 2.05) is 0 Å². The van der Waals surface area contributed by atoms with E-state index < -0.39 is 12.7 Å². The van der Waals surface area contributed by atoms with Gasteiger partial charge in [-0.15, -0.1) is 0 Å². The number of ether oxygens (including phenoxy) is 3. The van der Waals surface area contributed by atoms with Gasteiger partial charge in [-0.25, -0.2) is 10.2 Å². The van der Waals surface area contributed by atoms with Crippen molar-refractivity contribution in [2.75, 3.05) is 14.2 Å². The molecule has 0 spiro atoms. The molecule has 1 amide bonds. The van der Waals surface area contributed by atoms with Crippen molar-refractivity contribution >= 4 is 12.3 Å². The maximum absolute atomic E-state index is 12.1. The van der Waals surface area contributed by atoms with Gasteiger partial charge >= 0.3 is 12.7 Å². The van der Waals surface area contributed by atoms with Crippen molar-refractivity contribution < 1.29 is 27.8 Å². The smallest absolute Gasteiger partial charge is 0.427 e. The summed E-state index contributed by atoms with van der Waals surface area (Å²) in [6.07, 6.45) is 0.576. The summed E-state index contributed by atoms with van der Waals surface area (Å²) in [7, 11) is 2.52. The van der Waals surface area contributed by atoms with Crippen molar-refractivity contribution in [3.8, 4) is 11.5 Å². The third kappa shape index (κ3) is 4.78. The second kappa shape index (κ2) is 7.14. The van der Waals surface area contributed by atoms with Gasteiger partial charge in [0.25, 0.3) is 0 Å². The molecule has 0 saturated carbocycles. The normalized spacial score (nSPS) is 10.6. The summed E-state index contributed by atoms with van der Waals surface area (Å²) in [4.78, 5) is 10.7. The van der Waals surface area contributed by atoms with E-state index in [1.54, 1.807) is 0 Å². The minimum absolute atomic E-state index is 0.0874. The summed E-state index contributed by atoms with van der Waals surface area (Å²) >= 11 is 0. The Morgan fingerprint density at radius 3 is 2.68 bits per heavy atom. The highest BCUT2D eigenvalue weighted by molar-refractivity contribution is 5.82. The second-order valence-corrected chi connectivity index (χ2v) is 3.15. The zero-order chi connectivity index (χ0) is 14.3. The maximum Gasteiger partial charge on any atom is 0.427 e. The first kappa shape index (κ1) is 14.7. The first-order chi connectivity index (χ1) is 9.06. The number of hydrogen-bond acceptors (Lipinski definition) is 5. The number of halogens is 2. The lowest BCUT2D eigenvalue weighted by molar-refractivity contribution is -0.0512. The van der Waals surface area contributed by atoms with Crippen LogP contribution in [-0.4, -0.2) is 33.1 Å². The Bertz CT molecular complexity index is 466. The molecular formula is C11H12F2N2O4. The van der Waals surface area contributed by atoms with E-state index in [1.165, 1.54) is 38.6 Å². The third-order valence-electron chi connectivity index (χ3n) is 1.96. The van der Waals surface area contributed by atoms with Crippen LogP contribution in [0.1, 0.15) is 5.56 Å². The van der Waals surface area contributed by atoms with Gasteiger partial charge in [-0.3, -0.25) is 0 Å². The Kier molecular flexibility index (Phi) is 5.52. The maximum atomic E-state index is 12.1. The standard InChI is InChI=1S/C11H12F2N2O4/c1-17-9-5-7(6-14-15-11(16)18-2)3-4-8(9)19-10(12)13/h3-6,10H,1-2H3,(H,15,16). The van der Waals surface area contributed by atoms with Crippen molar-refractivity contribution in [3.63, 3.8) is 0 Å². The Morgan fingerprint density at radius 1 is 1.37 bits per heavy atom. The molecule has 0 unspecified atom stereocenters. The topological polar surface area (TPSA) is 69.2 Å². The molecule has 104 valence electrons. The molecule has 0 fully saturated rings. The number of carbonyl (C=O) groups is 1. The SMILES string of the molecule is COC(=O)NN=Cc1ccc(OC(F)F)c(OC)c1. The van der Waals surface area contributed by atoms with Gasteiger partial charge in [-0.05, 0) is 23.8 Å². The van der Waals surface area contributed by atoms with Crippen LogP contribution in [0.5, 0.6) is 11.5 Å². The van der Waals surface area contributed by atoms with E-state index in [4.69, 9.17) is 4.74 Å². The molecule has 19 heavy (non-hydrogen) atoms. The van der Waals surface area contributed by atoms with E-state index in [-0.39, 0.29) is 11.5 Å². The predicted molar refractivity (Wildman–Crippen MR) is 62.8 cm³/mol. The van der Waals surface area contributed by atoms with Crippen LogP contribution in [0.2, 0.25) is 0 Å². The van der Waals surface area contributed by atoms with E-state index in [0.717, 1.165) is 0 Å². The first-order valence-electron chi connectivity index (χ1n) is 5.06. The van der Waals surface area contributed by atoms with Crippen LogP contribution >= 0.6 is 0 Å². The average molecular weight is 274 g/mol. The number of nitrogens with zero attached hydrogens (tertiary/aromatic N) is 1. The number of alkyl halides is 2. The van der Waals surface area contributed by atoms with Crippen LogP contribution in [0.4, 0.5) is 13.6 Å². The van der Waals surface area contributed by atoms with Crippen molar-refractivity contribution in [1.29, 1.82) is 0 Å². The number of nitrogens with one attached hydrogen (secondary N) is 1. The highest BCUT2D eigenvalue weighted by Crippen LogP contribution is 2.28. The minimum atomic E-state index is -2.94. The number of hydrazone groups is 1. The molecule has 1 aromatic carbocycles. The zero-order valence-electron chi connectivity index (χ0n) is 10.2. The Balaban J connectivity index is 2.79. The minimum Gasteiger partial charge on any atom is -0.493 e. The lowest BCUT2D eigenvalue weighted by Gasteiger charge is -2.09. The number of rotatable bonds is 5. The Labute approximate surface area is 108 Å². The molecule has 1 N–H and O–H groups in total. The lowest BCUT2D eigenvalue weighted by atomic mass is 10.2. The first-order valence-corrected chi connectivity index (χ1v) is 5.06. The molecule has 0 bridgehead atoms. The third-order valence-corrected chi connectivity index (χ3v) is 1.96. The molecular weight excluding hydrogens is 262 g/mol. The fraction of sp³-hybridized carbons (Fsp3) is 0.273. The van der Waals surface area contributed by atoms with Crippen LogP contribution in [0.25, 0.3) is 0 Å². The number of benzene rings is 1. The largest absolute Gasteiger partial charge is 0.493 e. The van der Waals surface area contributed by atoms with Gasteiger partial charge in [0.1, 0.15) is 0 Å². The molecule has 6 nitrogen and oxygen atoms in total. The number of amides is 1. The molecule has 0 radical (unpaired) electrons. The lowest BCUT2D eigenvalue weighted by Crippen LogP contribution is -2.16. The molecule has 0 heterocycles. The summed E-state index contributed by atoms with van der Waals surface area (Å²) in [6, 6.07) is 4.22. The fourth-order valence-electron chi connectivity index (χ4n) is 1.16. The van der Waals surface area contributed by atoms with Gasteiger partial charge in [0.05, 0.1) is 20.4 Å². The molecule has 0 aromatic heterocycles. The molecule has 1 rings (SSSR count). The molecule has 8 heteroatoms. The summed E-state index contributed by atoms with van der Waals surface area (Å²) in [5.74, 6) is 0.0397. The average Bonchev–Trinajstić information content (AvgIpc) is 2.39. The summed E-state index contributed by atoms with van der Waals surface area (Å²) < 4.78 is 37.7. The van der Waals surface area contributed by atoms with Crippen molar-refractivity contribution in [2.24, 2.45) is 5.10 Å². The molecule has 0 aliphatic heterocycles. The van der Waals surface area contributed by atoms with E-state index >= 15 is 0 Å². The molecule has 0 aliphatic rings. The molecule has 0 atom stereocenters. The van der Waals surface area contributed by atoms with Crippen LogP contribution in [0, 0.1) is 0 Å². The van der Waals surface area contributed by atoms with E-state index in [2.05, 4.69) is 20.0 Å². The monoisotopic (exact) mass is 274 g/mol. The summed E-state index contributed by atoms with van der Waals surface area (Å²) in [5.41, 5.74) is 2.60. The van der Waals surface area contributed by atoms with Gasteiger partial charge in [0.15, 0.2) is 11.5 Å². The number of methoxy groups -OCH3 is 2. The van der Waals surface area contributed by atoms with E-state index in [0.29, 0.717) is 5.56 Å². The highest BCUT2D eigenvalue weighted by atomic mass is 19.3.